The molecule has 1 aliphatic carbocycles. The molecule has 0 amide bonds. The van der Waals surface area contributed by atoms with E-state index in [1.807, 2.05) is 54.6 Å². The van der Waals surface area contributed by atoms with Gasteiger partial charge in [0.1, 0.15) is 11.5 Å². The van der Waals surface area contributed by atoms with Gasteiger partial charge in [-0.3, -0.25) is 0 Å². The lowest BCUT2D eigenvalue weighted by molar-refractivity contribution is -0.135. The molecule has 0 radical (unpaired) electrons. The zero-order chi connectivity index (χ0) is 17.7. The molecular formula is C21H22O4. The molecule has 1 aliphatic rings. The average molecular weight is 338 g/mol. The van der Waals surface area contributed by atoms with Crippen molar-refractivity contribution in [1.29, 1.82) is 0 Å². The monoisotopic (exact) mass is 338 g/mol. The number of para-hydroxylation sites is 1. The molecule has 3 rings (SSSR count). The number of hydrogen-bond donors (Lipinski definition) is 0. The SMILES string of the molecule is COC(=O)C=CC1CC(OC)(c2cccc(Oc3ccccc3)c2)C1. The van der Waals surface area contributed by atoms with Crippen LogP contribution in [-0.2, 0) is 19.9 Å². The van der Waals surface area contributed by atoms with Crippen LogP contribution in [0.4, 0.5) is 0 Å². The molecule has 0 aliphatic heterocycles. The fourth-order valence-corrected chi connectivity index (χ4v) is 3.19. The lowest BCUT2D eigenvalue weighted by Crippen LogP contribution is -2.42. The Balaban J connectivity index is 1.71. The minimum atomic E-state index is -0.332. The van der Waals surface area contributed by atoms with E-state index in [0.717, 1.165) is 29.9 Å². The van der Waals surface area contributed by atoms with Gasteiger partial charge in [0, 0.05) is 13.2 Å². The van der Waals surface area contributed by atoms with Crippen LogP contribution in [0.5, 0.6) is 11.5 Å². The predicted molar refractivity (Wildman–Crippen MR) is 95.5 cm³/mol. The molecule has 2 aromatic rings. The minimum absolute atomic E-state index is 0.303. The number of esters is 1. The summed E-state index contributed by atoms with van der Waals surface area (Å²) in [5, 5.41) is 0. The van der Waals surface area contributed by atoms with Crippen LogP contribution in [0.25, 0.3) is 0 Å². The second-order valence-corrected chi connectivity index (χ2v) is 6.19. The number of benzene rings is 2. The van der Waals surface area contributed by atoms with Crippen molar-refractivity contribution >= 4 is 5.97 Å². The first kappa shape index (κ1) is 17.2. The van der Waals surface area contributed by atoms with Gasteiger partial charge in [-0.25, -0.2) is 4.79 Å². The predicted octanol–water partition coefficient (Wildman–Crippen LogP) is 4.46. The highest BCUT2D eigenvalue weighted by molar-refractivity contribution is 5.81. The maximum absolute atomic E-state index is 11.2. The van der Waals surface area contributed by atoms with Gasteiger partial charge in [-0.2, -0.15) is 0 Å². The number of rotatable bonds is 6. The van der Waals surface area contributed by atoms with Gasteiger partial charge in [-0.15, -0.1) is 0 Å². The smallest absolute Gasteiger partial charge is 0.330 e. The van der Waals surface area contributed by atoms with Crippen LogP contribution in [0.15, 0.2) is 66.7 Å². The largest absolute Gasteiger partial charge is 0.466 e. The molecule has 0 unspecified atom stereocenters. The van der Waals surface area contributed by atoms with Gasteiger partial charge in [-0.1, -0.05) is 36.4 Å². The van der Waals surface area contributed by atoms with Crippen molar-refractivity contribution < 1.29 is 19.0 Å². The van der Waals surface area contributed by atoms with Gasteiger partial charge in [0.05, 0.1) is 12.7 Å². The number of allylic oxidation sites excluding steroid dienone is 1. The summed E-state index contributed by atoms with van der Waals surface area (Å²) >= 11 is 0. The summed E-state index contributed by atoms with van der Waals surface area (Å²) in [6.07, 6.45) is 5.03. The van der Waals surface area contributed by atoms with Crippen LogP contribution >= 0.6 is 0 Å². The van der Waals surface area contributed by atoms with Crippen molar-refractivity contribution in [3.05, 3.63) is 72.3 Å². The van der Waals surface area contributed by atoms with Crippen molar-refractivity contribution in [2.75, 3.05) is 14.2 Å². The number of carbonyl (C=O) groups is 1. The van der Waals surface area contributed by atoms with Crippen LogP contribution in [0.3, 0.4) is 0 Å². The van der Waals surface area contributed by atoms with E-state index in [1.165, 1.54) is 13.2 Å². The van der Waals surface area contributed by atoms with E-state index in [4.69, 9.17) is 9.47 Å². The third kappa shape index (κ3) is 3.91. The Morgan fingerprint density at radius 2 is 1.76 bits per heavy atom. The fourth-order valence-electron chi connectivity index (χ4n) is 3.19. The molecule has 1 saturated carbocycles. The van der Waals surface area contributed by atoms with Crippen LogP contribution in [-0.4, -0.2) is 20.2 Å². The van der Waals surface area contributed by atoms with E-state index in [2.05, 4.69) is 10.8 Å². The van der Waals surface area contributed by atoms with Crippen molar-refractivity contribution in [1.82, 2.24) is 0 Å². The summed E-state index contributed by atoms with van der Waals surface area (Å²) in [7, 11) is 3.11. The maximum Gasteiger partial charge on any atom is 0.330 e. The fraction of sp³-hybridized carbons (Fsp3) is 0.286. The van der Waals surface area contributed by atoms with Gasteiger partial charge in [0.15, 0.2) is 0 Å². The lowest BCUT2D eigenvalue weighted by Gasteiger charge is -2.46. The van der Waals surface area contributed by atoms with Gasteiger partial charge >= 0.3 is 5.97 Å². The first-order valence-electron chi connectivity index (χ1n) is 8.30. The molecule has 0 spiro atoms. The highest BCUT2D eigenvalue weighted by Gasteiger charge is 2.45. The van der Waals surface area contributed by atoms with E-state index >= 15 is 0 Å². The second-order valence-electron chi connectivity index (χ2n) is 6.19. The molecule has 1 fully saturated rings. The molecule has 0 aromatic heterocycles. The van der Waals surface area contributed by atoms with Gasteiger partial charge < -0.3 is 14.2 Å². The molecular weight excluding hydrogens is 316 g/mol. The normalized spacial score (nSPS) is 22.4. The van der Waals surface area contributed by atoms with Gasteiger partial charge in [-0.05, 0) is 48.6 Å². The van der Waals surface area contributed by atoms with Crippen LogP contribution in [0.2, 0.25) is 0 Å². The summed E-state index contributed by atoms with van der Waals surface area (Å²) in [5.41, 5.74) is 0.757. The number of methoxy groups -OCH3 is 2. The van der Waals surface area contributed by atoms with Crippen molar-refractivity contribution in [2.24, 2.45) is 5.92 Å². The van der Waals surface area contributed by atoms with Crippen molar-refractivity contribution in [2.45, 2.75) is 18.4 Å². The summed E-state index contributed by atoms with van der Waals surface area (Å²) < 4.78 is 16.4. The molecule has 0 saturated heterocycles. The topological polar surface area (TPSA) is 44.8 Å². The van der Waals surface area contributed by atoms with Crippen molar-refractivity contribution in [3.63, 3.8) is 0 Å². The minimum Gasteiger partial charge on any atom is -0.466 e. The first-order valence-corrected chi connectivity index (χ1v) is 8.30. The maximum atomic E-state index is 11.2. The Morgan fingerprint density at radius 1 is 1.04 bits per heavy atom. The van der Waals surface area contributed by atoms with E-state index < -0.39 is 0 Å². The molecule has 0 N–H and O–H groups in total. The summed E-state index contributed by atoms with van der Waals surface area (Å²) in [4.78, 5) is 11.2. The molecule has 0 heterocycles. The van der Waals surface area contributed by atoms with Crippen molar-refractivity contribution in [3.8, 4) is 11.5 Å². The second kappa shape index (κ2) is 7.53. The average Bonchev–Trinajstić information content (AvgIpc) is 2.62. The number of hydrogen-bond acceptors (Lipinski definition) is 4. The summed E-state index contributed by atoms with van der Waals surface area (Å²) in [6.45, 7) is 0. The highest BCUT2D eigenvalue weighted by Crippen LogP contribution is 2.49. The Hall–Kier alpha value is -2.59. The van der Waals surface area contributed by atoms with E-state index in [9.17, 15) is 4.79 Å². The summed E-state index contributed by atoms with van der Waals surface area (Å²) in [5.74, 6) is 1.57. The first-order chi connectivity index (χ1) is 12.1. The molecule has 4 nitrogen and oxygen atoms in total. The van der Waals surface area contributed by atoms with E-state index in [0.29, 0.717) is 5.92 Å². The Bertz CT molecular complexity index is 746. The molecule has 4 heteroatoms. The number of carbonyl (C=O) groups excluding carboxylic acids is 1. The van der Waals surface area contributed by atoms with Gasteiger partial charge in [0.25, 0.3) is 0 Å². The van der Waals surface area contributed by atoms with Crippen LogP contribution < -0.4 is 4.74 Å². The summed E-state index contributed by atoms with van der Waals surface area (Å²) in [6, 6.07) is 17.7. The third-order valence-corrected chi connectivity index (χ3v) is 4.62. The lowest BCUT2D eigenvalue weighted by atomic mass is 9.67. The van der Waals surface area contributed by atoms with Crippen LogP contribution in [0, 0.1) is 5.92 Å². The highest BCUT2D eigenvalue weighted by atomic mass is 16.5. The molecule has 0 bridgehead atoms. The Morgan fingerprint density at radius 3 is 2.44 bits per heavy atom. The molecule has 25 heavy (non-hydrogen) atoms. The Kier molecular flexibility index (Phi) is 5.19. The zero-order valence-electron chi connectivity index (χ0n) is 14.5. The van der Waals surface area contributed by atoms with E-state index in [1.54, 1.807) is 7.11 Å². The number of ether oxygens (including phenoxy) is 3. The standard InChI is InChI=1S/C21H22O4/c1-23-20(22)12-11-16-14-21(15-16,24-2)17-7-6-10-19(13-17)25-18-8-4-3-5-9-18/h3-13,16H,14-15H2,1-2H3. The molecule has 2 aromatic carbocycles. The van der Waals surface area contributed by atoms with Crippen LogP contribution in [0.1, 0.15) is 18.4 Å². The molecule has 0 atom stereocenters. The zero-order valence-corrected chi connectivity index (χ0v) is 14.5. The van der Waals surface area contributed by atoms with E-state index in [-0.39, 0.29) is 11.6 Å². The Labute approximate surface area is 148 Å². The quantitative estimate of drug-likeness (QED) is 0.576. The van der Waals surface area contributed by atoms with Gasteiger partial charge in [0.2, 0.25) is 0 Å². The third-order valence-electron chi connectivity index (χ3n) is 4.62. The molecule has 130 valence electrons.